The molecule has 9 heteroatoms. The highest BCUT2D eigenvalue weighted by Crippen LogP contribution is 2.32. The Morgan fingerprint density at radius 3 is 2.86 bits per heavy atom. The highest BCUT2D eigenvalue weighted by Gasteiger charge is 2.31. The zero-order chi connectivity index (χ0) is 19.9. The fourth-order valence-corrected chi connectivity index (χ4v) is 5.94. The Kier molecular flexibility index (Phi) is 4.82. The van der Waals surface area contributed by atoms with Crippen LogP contribution in [0.4, 0.5) is 5.13 Å². The van der Waals surface area contributed by atoms with Gasteiger partial charge < -0.3 is 4.42 Å². The number of aromatic nitrogens is 1. The number of aryl methyl sites for hydroxylation is 2. The van der Waals surface area contributed by atoms with Gasteiger partial charge in [-0.2, -0.15) is 4.31 Å². The standard InChI is InChI=1S/C19H19N3O4S2/c1-12-3-4-13(2)17(9-12)28(24,25)22-7-5-15-16(10-22)27-19(20-15)21-18(23)14-6-8-26-11-14/h3-4,6,8-9,11H,5,7,10H2,1-2H3,(H,20,21,23). The molecular weight excluding hydrogens is 398 g/mol. The molecule has 7 nitrogen and oxygen atoms in total. The van der Waals surface area contributed by atoms with Gasteiger partial charge in [-0.3, -0.25) is 10.1 Å². The van der Waals surface area contributed by atoms with Gasteiger partial charge in [-0.05, 0) is 37.1 Å². The first-order valence-electron chi connectivity index (χ1n) is 8.74. The molecular formula is C19H19N3O4S2. The molecule has 0 saturated carbocycles. The second kappa shape index (κ2) is 7.16. The predicted molar refractivity (Wildman–Crippen MR) is 106 cm³/mol. The summed E-state index contributed by atoms with van der Waals surface area (Å²) in [5.74, 6) is -0.306. The number of amides is 1. The zero-order valence-corrected chi connectivity index (χ0v) is 17.1. The number of carbonyl (C=O) groups is 1. The van der Waals surface area contributed by atoms with Crippen LogP contribution in [0.3, 0.4) is 0 Å². The number of fused-ring (bicyclic) bond motifs is 1. The average molecular weight is 418 g/mol. The van der Waals surface area contributed by atoms with E-state index in [0.717, 1.165) is 21.7 Å². The van der Waals surface area contributed by atoms with Gasteiger partial charge in [0.15, 0.2) is 5.13 Å². The van der Waals surface area contributed by atoms with Crippen LogP contribution in [0.5, 0.6) is 0 Å². The summed E-state index contributed by atoms with van der Waals surface area (Å²) in [5.41, 5.74) is 2.88. The van der Waals surface area contributed by atoms with Crippen LogP contribution in [0.1, 0.15) is 32.1 Å². The molecule has 1 aliphatic rings. The minimum atomic E-state index is -3.59. The Balaban J connectivity index is 1.56. The molecule has 1 aromatic carbocycles. The number of hydrogen-bond donors (Lipinski definition) is 1. The van der Waals surface area contributed by atoms with E-state index in [9.17, 15) is 13.2 Å². The number of sulfonamides is 1. The van der Waals surface area contributed by atoms with E-state index >= 15 is 0 Å². The van der Waals surface area contributed by atoms with Crippen molar-refractivity contribution >= 4 is 32.4 Å². The molecule has 0 fully saturated rings. The first kappa shape index (κ1) is 18.9. The summed E-state index contributed by atoms with van der Waals surface area (Å²) < 4.78 is 32.7. The number of benzene rings is 1. The Hall–Kier alpha value is -2.49. The smallest absolute Gasteiger partial charge is 0.260 e. The van der Waals surface area contributed by atoms with E-state index in [0.29, 0.717) is 28.6 Å². The normalized spacial score (nSPS) is 14.6. The van der Waals surface area contributed by atoms with Crippen molar-refractivity contribution in [2.75, 3.05) is 11.9 Å². The number of hydrogen-bond acceptors (Lipinski definition) is 6. The second-order valence-electron chi connectivity index (χ2n) is 6.71. The Morgan fingerprint density at radius 2 is 2.11 bits per heavy atom. The summed E-state index contributed by atoms with van der Waals surface area (Å²) in [5, 5.41) is 3.20. The number of thiazole rings is 1. The molecule has 0 atom stereocenters. The molecule has 1 N–H and O–H groups in total. The van der Waals surface area contributed by atoms with Crippen LogP contribution in [-0.2, 0) is 23.0 Å². The van der Waals surface area contributed by atoms with Gasteiger partial charge in [0.25, 0.3) is 5.91 Å². The average Bonchev–Trinajstić information content (AvgIpc) is 3.32. The predicted octanol–water partition coefficient (Wildman–Crippen LogP) is 3.35. The van der Waals surface area contributed by atoms with E-state index in [2.05, 4.69) is 10.3 Å². The van der Waals surface area contributed by atoms with Gasteiger partial charge >= 0.3 is 0 Å². The molecule has 0 radical (unpaired) electrons. The van der Waals surface area contributed by atoms with E-state index in [1.807, 2.05) is 19.1 Å². The Labute approximate surface area is 167 Å². The van der Waals surface area contributed by atoms with Crippen molar-refractivity contribution in [3.63, 3.8) is 0 Å². The largest absolute Gasteiger partial charge is 0.472 e. The summed E-state index contributed by atoms with van der Waals surface area (Å²) in [6, 6.07) is 7.01. The fourth-order valence-electron chi connectivity index (χ4n) is 3.12. The van der Waals surface area contributed by atoms with Crippen molar-refractivity contribution in [1.82, 2.24) is 9.29 Å². The molecule has 1 amide bonds. The van der Waals surface area contributed by atoms with E-state index in [1.54, 1.807) is 19.1 Å². The number of furan rings is 1. The summed E-state index contributed by atoms with van der Waals surface area (Å²) in [4.78, 5) is 17.8. The van der Waals surface area contributed by atoms with Crippen LogP contribution in [0, 0.1) is 13.8 Å². The maximum atomic E-state index is 13.1. The highest BCUT2D eigenvalue weighted by molar-refractivity contribution is 7.89. The molecule has 0 spiro atoms. The zero-order valence-electron chi connectivity index (χ0n) is 15.4. The van der Waals surface area contributed by atoms with Crippen molar-refractivity contribution in [3.8, 4) is 0 Å². The number of rotatable bonds is 4. The maximum absolute atomic E-state index is 13.1. The summed E-state index contributed by atoms with van der Waals surface area (Å²) in [7, 11) is -3.59. The summed E-state index contributed by atoms with van der Waals surface area (Å²) in [6.07, 6.45) is 3.30. The van der Waals surface area contributed by atoms with Crippen LogP contribution in [0.15, 0.2) is 46.1 Å². The molecule has 28 heavy (non-hydrogen) atoms. The monoisotopic (exact) mass is 417 g/mol. The van der Waals surface area contributed by atoms with Crippen molar-refractivity contribution < 1.29 is 17.6 Å². The molecule has 2 aromatic heterocycles. The van der Waals surface area contributed by atoms with Crippen molar-refractivity contribution in [2.24, 2.45) is 0 Å². The van der Waals surface area contributed by atoms with Gasteiger partial charge in [-0.15, -0.1) is 11.3 Å². The van der Waals surface area contributed by atoms with Crippen LogP contribution in [-0.4, -0.2) is 30.2 Å². The first-order valence-corrected chi connectivity index (χ1v) is 11.0. The fraction of sp³-hybridized carbons (Fsp3) is 0.263. The number of anilines is 1. The van der Waals surface area contributed by atoms with Gasteiger partial charge in [0.2, 0.25) is 10.0 Å². The lowest BCUT2D eigenvalue weighted by Crippen LogP contribution is -2.35. The molecule has 146 valence electrons. The molecule has 4 rings (SSSR count). The molecule has 3 heterocycles. The third kappa shape index (κ3) is 3.48. The molecule has 0 bridgehead atoms. The highest BCUT2D eigenvalue weighted by atomic mass is 32.2. The van der Waals surface area contributed by atoms with E-state index in [1.165, 1.54) is 28.2 Å². The van der Waals surface area contributed by atoms with Crippen LogP contribution in [0.25, 0.3) is 0 Å². The number of carbonyl (C=O) groups excluding carboxylic acids is 1. The molecule has 0 aliphatic carbocycles. The van der Waals surface area contributed by atoms with Crippen molar-refractivity contribution in [1.29, 1.82) is 0 Å². The van der Waals surface area contributed by atoms with Gasteiger partial charge in [0.05, 0.1) is 29.0 Å². The first-order chi connectivity index (χ1) is 13.3. The van der Waals surface area contributed by atoms with E-state index < -0.39 is 10.0 Å². The SMILES string of the molecule is Cc1ccc(C)c(S(=O)(=O)N2CCc3nc(NC(=O)c4ccoc4)sc3C2)c1. The quantitative estimate of drug-likeness (QED) is 0.703. The lowest BCUT2D eigenvalue weighted by Gasteiger charge is -2.26. The topological polar surface area (TPSA) is 92.5 Å². The van der Waals surface area contributed by atoms with Crippen LogP contribution in [0.2, 0.25) is 0 Å². The van der Waals surface area contributed by atoms with E-state index in [4.69, 9.17) is 4.42 Å². The molecule has 3 aromatic rings. The van der Waals surface area contributed by atoms with Gasteiger partial charge in [-0.1, -0.05) is 12.1 Å². The Bertz CT molecular complexity index is 1130. The van der Waals surface area contributed by atoms with Crippen LogP contribution >= 0.6 is 11.3 Å². The maximum Gasteiger partial charge on any atom is 0.260 e. The third-order valence-electron chi connectivity index (χ3n) is 4.66. The molecule has 0 unspecified atom stereocenters. The second-order valence-corrected chi connectivity index (χ2v) is 9.70. The van der Waals surface area contributed by atoms with Crippen molar-refractivity contribution in [3.05, 3.63) is 64.1 Å². The summed E-state index contributed by atoms with van der Waals surface area (Å²) >= 11 is 1.30. The lowest BCUT2D eigenvalue weighted by molar-refractivity contribution is 0.102. The minimum absolute atomic E-state index is 0.254. The van der Waals surface area contributed by atoms with Gasteiger partial charge in [0, 0.05) is 17.8 Å². The van der Waals surface area contributed by atoms with Crippen molar-refractivity contribution in [2.45, 2.75) is 31.7 Å². The number of nitrogens with zero attached hydrogens (tertiary/aromatic N) is 2. The third-order valence-corrected chi connectivity index (χ3v) is 7.65. The minimum Gasteiger partial charge on any atom is -0.472 e. The Morgan fingerprint density at radius 1 is 1.29 bits per heavy atom. The summed E-state index contributed by atoms with van der Waals surface area (Å²) in [6.45, 7) is 4.30. The van der Waals surface area contributed by atoms with Gasteiger partial charge in [0.1, 0.15) is 6.26 Å². The number of nitrogens with one attached hydrogen (secondary N) is 1. The van der Waals surface area contributed by atoms with Gasteiger partial charge in [-0.25, -0.2) is 13.4 Å². The van der Waals surface area contributed by atoms with Crippen LogP contribution < -0.4 is 5.32 Å². The molecule has 1 aliphatic heterocycles. The molecule has 0 saturated heterocycles. The van der Waals surface area contributed by atoms with E-state index in [-0.39, 0.29) is 12.5 Å². The lowest BCUT2D eigenvalue weighted by atomic mass is 10.2.